The third-order valence-electron chi connectivity index (χ3n) is 6.83. The van der Waals surface area contributed by atoms with Gasteiger partial charge < -0.3 is 14.8 Å². The molecule has 5 nitrogen and oxygen atoms in total. The van der Waals surface area contributed by atoms with Crippen LogP contribution in [0.2, 0.25) is 0 Å². The molecule has 2 aliphatic rings. The highest BCUT2D eigenvalue weighted by Gasteiger charge is 2.39. The van der Waals surface area contributed by atoms with Crippen LogP contribution in [0.4, 0.5) is 0 Å². The molecule has 2 aromatic rings. The van der Waals surface area contributed by atoms with Gasteiger partial charge in [-0.2, -0.15) is 0 Å². The summed E-state index contributed by atoms with van der Waals surface area (Å²) in [5.41, 5.74) is 2.55. The van der Waals surface area contributed by atoms with Crippen LogP contribution in [-0.2, 0) is 10.2 Å². The molecule has 0 bridgehead atoms. The van der Waals surface area contributed by atoms with Crippen molar-refractivity contribution in [3.8, 4) is 11.5 Å². The Morgan fingerprint density at radius 3 is 2.57 bits per heavy atom. The summed E-state index contributed by atoms with van der Waals surface area (Å²) < 4.78 is 11.0. The number of carbonyl (C=O) groups is 1. The van der Waals surface area contributed by atoms with Crippen molar-refractivity contribution in [2.24, 2.45) is 0 Å². The number of hydrogen-bond acceptors (Lipinski definition) is 4. The van der Waals surface area contributed by atoms with E-state index in [0.717, 1.165) is 55.8 Å². The fourth-order valence-corrected chi connectivity index (χ4v) is 4.94. The maximum Gasteiger partial charge on any atom is 0.234 e. The molecule has 1 aliphatic carbocycles. The second kappa shape index (κ2) is 9.09. The largest absolute Gasteiger partial charge is 0.497 e. The molecule has 0 radical (unpaired) electrons. The average molecular weight is 409 g/mol. The van der Waals surface area contributed by atoms with E-state index in [9.17, 15) is 4.79 Å². The Morgan fingerprint density at radius 2 is 1.90 bits per heavy atom. The number of hydrogen-bond donors (Lipinski definition) is 1. The molecule has 1 atom stereocenters. The first-order chi connectivity index (χ1) is 14.6. The molecular formula is C25H32N2O3. The lowest BCUT2D eigenvalue weighted by Crippen LogP contribution is -2.47. The molecule has 1 unspecified atom stereocenters. The van der Waals surface area contributed by atoms with Gasteiger partial charge in [0.1, 0.15) is 11.5 Å². The van der Waals surface area contributed by atoms with Gasteiger partial charge in [0.05, 0.1) is 20.8 Å². The Hall–Kier alpha value is -2.53. The molecule has 0 spiro atoms. The zero-order valence-corrected chi connectivity index (χ0v) is 18.0. The second-order valence-electron chi connectivity index (χ2n) is 8.51. The standard InChI is InChI=1S/C25H32N2O3/c1-29-20-11-12-23(30-2)21(16-20)22-10-6-15-27(22)17-24(28)26-18-25(13-7-14-25)19-8-4-3-5-9-19/h3-5,8-9,11-12,16,22H,6-7,10,13-15,17-18H2,1-2H3,(H,26,28). The van der Waals surface area contributed by atoms with E-state index in [0.29, 0.717) is 6.54 Å². The Balaban J connectivity index is 1.41. The van der Waals surface area contributed by atoms with Crippen molar-refractivity contribution >= 4 is 5.91 Å². The van der Waals surface area contributed by atoms with E-state index in [1.807, 2.05) is 18.2 Å². The molecule has 5 heteroatoms. The van der Waals surface area contributed by atoms with Crippen molar-refractivity contribution < 1.29 is 14.3 Å². The molecule has 0 aromatic heterocycles. The van der Waals surface area contributed by atoms with Gasteiger partial charge in [-0.3, -0.25) is 9.69 Å². The summed E-state index contributed by atoms with van der Waals surface area (Å²) in [6, 6.07) is 16.7. The number of nitrogens with one attached hydrogen (secondary N) is 1. The zero-order chi connectivity index (χ0) is 21.0. The molecule has 1 heterocycles. The number of rotatable bonds is 8. The number of likely N-dealkylation sites (tertiary alicyclic amines) is 1. The van der Waals surface area contributed by atoms with Gasteiger partial charge in [0, 0.05) is 23.6 Å². The predicted octanol–water partition coefficient (Wildman–Crippen LogP) is 4.08. The lowest BCUT2D eigenvalue weighted by Gasteiger charge is -2.42. The van der Waals surface area contributed by atoms with Crippen LogP contribution in [0.5, 0.6) is 11.5 Å². The van der Waals surface area contributed by atoms with Crippen molar-refractivity contribution in [3.05, 3.63) is 59.7 Å². The molecule has 160 valence electrons. The maximum absolute atomic E-state index is 12.9. The van der Waals surface area contributed by atoms with Gasteiger partial charge in [-0.15, -0.1) is 0 Å². The number of amides is 1. The van der Waals surface area contributed by atoms with E-state index in [-0.39, 0.29) is 17.4 Å². The van der Waals surface area contributed by atoms with Crippen molar-refractivity contribution in [2.75, 3.05) is 33.9 Å². The van der Waals surface area contributed by atoms with Crippen molar-refractivity contribution in [1.29, 1.82) is 0 Å². The minimum Gasteiger partial charge on any atom is -0.497 e. The number of nitrogens with zero attached hydrogens (tertiary/aromatic N) is 1. The second-order valence-corrected chi connectivity index (χ2v) is 8.51. The van der Waals surface area contributed by atoms with Crippen LogP contribution in [0.1, 0.15) is 49.3 Å². The summed E-state index contributed by atoms with van der Waals surface area (Å²) in [5.74, 6) is 1.77. The molecular weight excluding hydrogens is 376 g/mol. The summed E-state index contributed by atoms with van der Waals surface area (Å²) in [6.07, 6.45) is 5.61. The lowest BCUT2D eigenvalue weighted by molar-refractivity contribution is -0.123. The van der Waals surface area contributed by atoms with Crippen LogP contribution < -0.4 is 14.8 Å². The minimum absolute atomic E-state index is 0.103. The molecule has 1 aliphatic heterocycles. The van der Waals surface area contributed by atoms with Gasteiger partial charge >= 0.3 is 0 Å². The van der Waals surface area contributed by atoms with E-state index < -0.39 is 0 Å². The van der Waals surface area contributed by atoms with Crippen LogP contribution in [0, 0.1) is 0 Å². The van der Waals surface area contributed by atoms with Gasteiger partial charge in [-0.1, -0.05) is 36.8 Å². The molecule has 1 amide bonds. The number of benzene rings is 2. The third-order valence-corrected chi connectivity index (χ3v) is 6.83. The monoisotopic (exact) mass is 408 g/mol. The zero-order valence-electron chi connectivity index (χ0n) is 18.0. The molecule has 2 aromatic carbocycles. The molecule has 1 saturated heterocycles. The molecule has 4 rings (SSSR count). The lowest BCUT2D eigenvalue weighted by atomic mass is 9.64. The van der Waals surface area contributed by atoms with E-state index in [1.54, 1.807) is 14.2 Å². The Bertz CT molecular complexity index is 864. The summed E-state index contributed by atoms with van der Waals surface area (Å²) >= 11 is 0. The normalized spacial score (nSPS) is 20.4. The summed E-state index contributed by atoms with van der Waals surface area (Å²) in [6.45, 7) is 2.05. The van der Waals surface area contributed by atoms with Gasteiger partial charge in [0.2, 0.25) is 5.91 Å². The number of ether oxygens (including phenoxy) is 2. The SMILES string of the molecule is COc1ccc(OC)c(C2CCCN2CC(=O)NCC2(c3ccccc3)CCC2)c1. The highest BCUT2D eigenvalue weighted by atomic mass is 16.5. The van der Waals surface area contributed by atoms with Gasteiger partial charge in [0.25, 0.3) is 0 Å². The van der Waals surface area contributed by atoms with Crippen molar-refractivity contribution in [3.63, 3.8) is 0 Å². The summed E-state index contributed by atoms with van der Waals surface area (Å²) in [7, 11) is 3.37. The van der Waals surface area contributed by atoms with Crippen LogP contribution in [0.3, 0.4) is 0 Å². The van der Waals surface area contributed by atoms with E-state index in [1.165, 1.54) is 12.0 Å². The predicted molar refractivity (Wildman–Crippen MR) is 118 cm³/mol. The Morgan fingerprint density at radius 1 is 1.10 bits per heavy atom. The van der Waals surface area contributed by atoms with E-state index >= 15 is 0 Å². The Kier molecular flexibility index (Phi) is 6.28. The first-order valence-electron chi connectivity index (χ1n) is 10.9. The van der Waals surface area contributed by atoms with E-state index in [2.05, 4.69) is 40.5 Å². The van der Waals surface area contributed by atoms with Crippen LogP contribution in [-0.4, -0.2) is 44.7 Å². The fraction of sp³-hybridized carbons (Fsp3) is 0.480. The summed E-state index contributed by atoms with van der Waals surface area (Å²) in [4.78, 5) is 15.1. The van der Waals surface area contributed by atoms with Gasteiger partial charge in [-0.25, -0.2) is 0 Å². The number of carbonyl (C=O) groups excluding carboxylic acids is 1. The smallest absolute Gasteiger partial charge is 0.234 e. The highest BCUT2D eigenvalue weighted by molar-refractivity contribution is 5.78. The number of methoxy groups -OCH3 is 2. The molecule has 30 heavy (non-hydrogen) atoms. The maximum atomic E-state index is 12.9. The van der Waals surface area contributed by atoms with Gasteiger partial charge in [-0.05, 0) is 56.0 Å². The average Bonchev–Trinajstić information content (AvgIpc) is 3.21. The molecule has 1 N–H and O–H groups in total. The fourth-order valence-electron chi connectivity index (χ4n) is 4.94. The first-order valence-corrected chi connectivity index (χ1v) is 10.9. The van der Waals surface area contributed by atoms with Crippen LogP contribution in [0.15, 0.2) is 48.5 Å². The van der Waals surface area contributed by atoms with Gasteiger partial charge in [0.15, 0.2) is 0 Å². The molecule has 1 saturated carbocycles. The van der Waals surface area contributed by atoms with Crippen LogP contribution >= 0.6 is 0 Å². The van der Waals surface area contributed by atoms with Crippen molar-refractivity contribution in [1.82, 2.24) is 10.2 Å². The summed E-state index contributed by atoms with van der Waals surface area (Å²) in [5, 5.41) is 3.24. The quantitative estimate of drug-likeness (QED) is 0.715. The molecule has 2 fully saturated rings. The third kappa shape index (κ3) is 4.17. The highest BCUT2D eigenvalue weighted by Crippen LogP contribution is 2.43. The van der Waals surface area contributed by atoms with E-state index in [4.69, 9.17) is 9.47 Å². The van der Waals surface area contributed by atoms with Crippen LogP contribution in [0.25, 0.3) is 0 Å². The first kappa shape index (κ1) is 20.7. The van der Waals surface area contributed by atoms with Crippen molar-refractivity contribution in [2.45, 2.75) is 43.6 Å². The topological polar surface area (TPSA) is 50.8 Å². The Labute approximate surface area is 179 Å². The minimum atomic E-state index is 0.103.